The van der Waals surface area contributed by atoms with Gasteiger partial charge in [0.25, 0.3) is 0 Å². The van der Waals surface area contributed by atoms with Crippen LogP contribution in [0, 0.1) is 17.3 Å². The van der Waals surface area contributed by atoms with Crippen LogP contribution in [-0.2, 0) is 0 Å². The molecular weight excluding hydrogens is 170 g/mol. The van der Waals surface area contributed by atoms with Crippen LogP contribution < -0.4 is 5.32 Å². The standard InChI is InChI=1S/C13H23N/c1-2-7-13(8-3-1,11-4-5-11)12-6-9-14-10-12/h11-12,14H,1-10H2. The van der Waals surface area contributed by atoms with Crippen molar-refractivity contribution in [2.45, 2.75) is 51.4 Å². The number of hydrogen-bond donors (Lipinski definition) is 1. The lowest BCUT2D eigenvalue weighted by molar-refractivity contribution is 0.0783. The maximum absolute atomic E-state index is 3.58. The van der Waals surface area contributed by atoms with Crippen molar-refractivity contribution in [3.63, 3.8) is 0 Å². The van der Waals surface area contributed by atoms with Gasteiger partial charge in [0.15, 0.2) is 0 Å². The molecule has 1 aliphatic heterocycles. The molecule has 1 atom stereocenters. The predicted octanol–water partition coefficient (Wildman–Crippen LogP) is 2.96. The Morgan fingerprint density at radius 1 is 0.857 bits per heavy atom. The van der Waals surface area contributed by atoms with E-state index in [4.69, 9.17) is 0 Å². The van der Waals surface area contributed by atoms with E-state index in [0.717, 1.165) is 17.3 Å². The third-order valence-electron chi connectivity index (χ3n) is 5.05. The number of rotatable bonds is 2. The second kappa shape index (κ2) is 3.52. The smallest absolute Gasteiger partial charge is 0.00146 e. The highest BCUT2D eigenvalue weighted by Crippen LogP contribution is 2.58. The molecule has 80 valence electrons. The zero-order chi connectivity index (χ0) is 9.43. The van der Waals surface area contributed by atoms with Gasteiger partial charge in [-0.1, -0.05) is 19.3 Å². The van der Waals surface area contributed by atoms with Gasteiger partial charge in [0.1, 0.15) is 0 Å². The molecule has 1 unspecified atom stereocenters. The van der Waals surface area contributed by atoms with E-state index in [1.54, 1.807) is 25.7 Å². The zero-order valence-electron chi connectivity index (χ0n) is 9.23. The molecule has 1 nitrogen and oxygen atoms in total. The first kappa shape index (κ1) is 9.21. The molecular formula is C13H23N. The second-order valence-electron chi connectivity index (χ2n) is 5.76. The van der Waals surface area contributed by atoms with Crippen molar-refractivity contribution in [2.24, 2.45) is 17.3 Å². The summed E-state index contributed by atoms with van der Waals surface area (Å²) in [6.07, 6.45) is 12.2. The van der Waals surface area contributed by atoms with Crippen molar-refractivity contribution >= 4 is 0 Å². The van der Waals surface area contributed by atoms with Gasteiger partial charge in [-0.25, -0.2) is 0 Å². The molecule has 0 bridgehead atoms. The van der Waals surface area contributed by atoms with Crippen LogP contribution in [0.5, 0.6) is 0 Å². The molecule has 0 radical (unpaired) electrons. The first-order chi connectivity index (χ1) is 6.92. The molecule has 1 N–H and O–H groups in total. The molecule has 0 amide bonds. The Kier molecular flexibility index (Phi) is 2.31. The van der Waals surface area contributed by atoms with Gasteiger partial charge in [0.2, 0.25) is 0 Å². The van der Waals surface area contributed by atoms with Crippen molar-refractivity contribution in [2.75, 3.05) is 13.1 Å². The maximum Gasteiger partial charge on any atom is -0.00146 e. The molecule has 1 saturated heterocycles. The van der Waals surface area contributed by atoms with E-state index in [1.807, 2.05) is 0 Å². The van der Waals surface area contributed by atoms with E-state index >= 15 is 0 Å². The summed E-state index contributed by atoms with van der Waals surface area (Å²) in [6.45, 7) is 2.62. The molecule has 3 rings (SSSR count). The largest absolute Gasteiger partial charge is 0.316 e. The van der Waals surface area contributed by atoms with E-state index < -0.39 is 0 Å². The number of hydrogen-bond acceptors (Lipinski definition) is 1. The summed E-state index contributed by atoms with van der Waals surface area (Å²) in [6, 6.07) is 0. The van der Waals surface area contributed by atoms with Gasteiger partial charge in [0.05, 0.1) is 0 Å². The third-order valence-corrected chi connectivity index (χ3v) is 5.05. The van der Waals surface area contributed by atoms with Crippen molar-refractivity contribution in [3.05, 3.63) is 0 Å². The Morgan fingerprint density at radius 3 is 2.21 bits per heavy atom. The van der Waals surface area contributed by atoms with Gasteiger partial charge in [-0.3, -0.25) is 0 Å². The van der Waals surface area contributed by atoms with Gasteiger partial charge in [-0.05, 0) is 62.4 Å². The lowest BCUT2D eigenvalue weighted by Crippen LogP contribution is -2.36. The van der Waals surface area contributed by atoms with Crippen LogP contribution >= 0.6 is 0 Å². The van der Waals surface area contributed by atoms with Crippen molar-refractivity contribution < 1.29 is 0 Å². The van der Waals surface area contributed by atoms with Crippen LogP contribution in [-0.4, -0.2) is 13.1 Å². The lowest BCUT2D eigenvalue weighted by Gasteiger charge is -2.42. The van der Waals surface area contributed by atoms with E-state index in [9.17, 15) is 0 Å². The van der Waals surface area contributed by atoms with Crippen LogP contribution in [0.3, 0.4) is 0 Å². The predicted molar refractivity (Wildman–Crippen MR) is 59.2 cm³/mol. The quantitative estimate of drug-likeness (QED) is 0.711. The normalized spacial score (nSPS) is 37.3. The van der Waals surface area contributed by atoms with Crippen molar-refractivity contribution in [1.82, 2.24) is 5.32 Å². The van der Waals surface area contributed by atoms with Crippen LogP contribution in [0.25, 0.3) is 0 Å². The Morgan fingerprint density at radius 2 is 1.64 bits per heavy atom. The molecule has 0 aromatic heterocycles. The molecule has 1 heteroatoms. The average Bonchev–Trinajstić information content (AvgIpc) is 2.95. The summed E-state index contributed by atoms with van der Waals surface area (Å²) in [4.78, 5) is 0. The van der Waals surface area contributed by atoms with Gasteiger partial charge in [-0.2, -0.15) is 0 Å². The molecule has 0 spiro atoms. The Balaban J connectivity index is 1.78. The fourth-order valence-corrected chi connectivity index (χ4v) is 4.16. The van der Waals surface area contributed by atoms with Crippen molar-refractivity contribution in [1.29, 1.82) is 0 Å². The topological polar surface area (TPSA) is 12.0 Å². The summed E-state index contributed by atoms with van der Waals surface area (Å²) in [5.74, 6) is 2.17. The molecule has 2 saturated carbocycles. The summed E-state index contributed by atoms with van der Waals surface area (Å²) in [5.41, 5.74) is 0.807. The molecule has 1 heterocycles. The van der Waals surface area contributed by atoms with Crippen LogP contribution in [0.4, 0.5) is 0 Å². The average molecular weight is 193 g/mol. The molecule has 3 fully saturated rings. The highest BCUT2D eigenvalue weighted by atomic mass is 14.9. The Hall–Kier alpha value is -0.0400. The zero-order valence-corrected chi connectivity index (χ0v) is 9.23. The minimum Gasteiger partial charge on any atom is -0.316 e. The molecule has 3 aliphatic rings. The van der Waals surface area contributed by atoms with E-state index in [-0.39, 0.29) is 0 Å². The third kappa shape index (κ3) is 1.41. The van der Waals surface area contributed by atoms with Gasteiger partial charge < -0.3 is 5.32 Å². The minimum atomic E-state index is 0.807. The maximum atomic E-state index is 3.58. The summed E-state index contributed by atoms with van der Waals surface area (Å²) in [7, 11) is 0. The SMILES string of the molecule is C1CCC(C2CC2)(C2CCNC2)CC1. The van der Waals surface area contributed by atoms with Crippen molar-refractivity contribution in [3.8, 4) is 0 Å². The van der Waals surface area contributed by atoms with E-state index in [0.29, 0.717) is 0 Å². The Labute approximate surface area is 87.7 Å². The second-order valence-corrected chi connectivity index (χ2v) is 5.76. The van der Waals surface area contributed by atoms with Gasteiger partial charge in [-0.15, -0.1) is 0 Å². The fourth-order valence-electron chi connectivity index (χ4n) is 4.16. The first-order valence-corrected chi connectivity index (χ1v) is 6.62. The Bertz CT molecular complexity index is 195. The molecule has 0 aromatic carbocycles. The van der Waals surface area contributed by atoms with Crippen LogP contribution in [0.1, 0.15) is 51.4 Å². The van der Waals surface area contributed by atoms with E-state index in [1.165, 1.54) is 38.8 Å². The lowest BCUT2D eigenvalue weighted by atomic mass is 9.62. The van der Waals surface area contributed by atoms with Gasteiger partial charge in [0, 0.05) is 0 Å². The molecule has 14 heavy (non-hydrogen) atoms. The molecule has 0 aromatic rings. The highest BCUT2D eigenvalue weighted by molar-refractivity contribution is 5.01. The summed E-state index contributed by atoms with van der Waals surface area (Å²) < 4.78 is 0. The number of nitrogens with one attached hydrogen (secondary N) is 1. The summed E-state index contributed by atoms with van der Waals surface area (Å²) in [5, 5.41) is 3.58. The monoisotopic (exact) mass is 193 g/mol. The van der Waals surface area contributed by atoms with Crippen LogP contribution in [0.2, 0.25) is 0 Å². The minimum absolute atomic E-state index is 0.807. The first-order valence-electron chi connectivity index (χ1n) is 6.62. The molecule has 2 aliphatic carbocycles. The van der Waals surface area contributed by atoms with Gasteiger partial charge >= 0.3 is 0 Å². The van der Waals surface area contributed by atoms with Crippen LogP contribution in [0.15, 0.2) is 0 Å². The highest BCUT2D eigenvalue weighted by Gasteiger charge is 2.50. The fraction of sp³-hybridized carbons (Fsp3) is 1.00. The summed E-state index contributed by atoms with van der Waals surface area (Å²) >= 11 is 0. The van der Waals surface area contributed by atoms with E-state index in [2.05, 4.69) is 5.32 Å².